The van der Waals surface area contributed by atoms with E-state index in [2.05, 4.69) is 9.83 Å². The summed E-state index contributed by atoms with van der Waals surface area (Å²) in [6.45, 7) is 0.675. The lowest BCUT2D eigenvalue weighted by atomic mass is 10.2. The predicted octanol–water partition coefficient (Wildman–Crippen LogP) is -0.289. The van der Waals surface area contributed by atoms with Gasteiger partial charge in [-0.15, -0.1) is 5.17 Å². The average molecular weight is 278 g/mol. The third-order valence-corrected chi connectivity index (χ3v) is 2.43. The van der Waals surface area contributed by atoms with Crippen molar-refractivity contribution in [1.82, 2.24) is 10.2 Å². The van der Waals surface area contributed by atoms with Crippen LogP contribution in [0, 0.1) is 0 Å². The van der Waals surface area contributed by atoms with Gasteiger partial charge in [-0.25, -0.2) is 9.80 Å². The Morgan fingerprint density at radius 2 is 2.11 bits per heavy atom. The van der Waals surface area contributed by atoms with E-state index < -0.39 is 18.1 Å². The fourth-order valence-electron chi connectivity index (χ4n) is 1.63. The lowest BCUT2D eigenvalue weighted by Gasteiger charge is -2.30. The molecule has 0 bridgehead atoms. The molecular formula is C9H9F3N4O3. The predicted molar refractivity (Wildman–Crippen MR) is 54.9 cm³/mol. The van der Waals surface area contributed by atoms with Crippen LogP contribution in [-0.2, 0) is 14.4 Å². The van der Waals surface area contributed by atoms with Gasteiger partial charge in [-0.3, -0.25) is 9.79 Å². The Bertz CT molecular complexity index is 486. The molecular weight excluding hydrogens is 269 g/mol. The molecule has 0 aromatic heterocycles. The molecule has 0 aliphatic carbocycles. The lowest BCUT2D eigenvalue weighted by molar-refractivity contribution is -0.257. The van der Waals surface area contributed by atoms with Gasteiger partial charge in [0.25, 0.3) is 5.91 Å². The maximum Gasteiger partial charge on any atom is 0.493 e. The highest BCUT2D eigenvalue weighted by atomic mass is 19.4. The molecule has 0 aromatic rings. The Balaban J connectivity index is 2.22. The number of hydrogen-bond acceptors (Lipinski definition) is 6. The summed E-state index contributed by atoms with van der Waals surface area (Å²) in [7, 11) is 0. The molecule has 10 heteroatoms. The molecule has 0 unspecified atom stereocenters. The van der Waals surface area contributed by atoms with Crippen LogP contribution in [0.1, 0.15) is 6.42 Å². The number of nitrogens with two attached hydrogens (primary N) is 1. The first-order valence-corrected chi connectivity index (χ1v) is 5.23. The first kappa shape index (κ1) is 13.2. The molecule has 0 spiro atoms. The fourth-order valence-corrected chi connectivity index (χ4v) is 1.63. The number of hydrazine groups is 1. The van der Waals surface area contributed by atoms with Crippen molar-refractivity contribution in [2.24, 2.45) is 10.7 Å². The van der Waals surface area contributed by atoms with Gasteiger partial charge in [-0.2, -0.15) is 13.2 Å². The molecule has 0 fully saturated rings. The summed E-state index contributed by atoms with van der Waals surface area (Å²) in [4.78, 5) is 30.0. The molecule has 2 aliphatic heterocycles. The minimum absolute atomic E-state index is 0.102. The van der Waals surface area contributed by atoms with Gasteiger partial charge in [0.1, 0.15) is 5.57 Å². The van der Waals surface area contributed by atoms with Crippen LogP contribution in [0.15, 0.2) is 16.8 Å². The van der Waals surface area contributed by atoms with Gasteiger partial charge in [-0.05, 0) is 6.42 Å². The van der Waals surface area contributed by atoms with Crippen molar-refractivity contribution in [3.8, 4) is 0 Å². The number of primary amides is 1. The third-order valence-electron chi connectivity index (χ3n) is 2.43. The van der Waals surface area contributed by atoms with Crippen molar-refractivity contribution in [1.29, 1.82) is 0 Å². The Morgan fingerprint density at radius 3 is 2.68 bits per heavy atom. The Kier molecular flexibility index (Phi) is 3.08. The summed E-state index contributed by atoms with van der Waals surface area (Å²) in [6, 6.07) is 0. The maximum atomic E-state index is 12.1. The molecule has 0 saturated heterocycles. The van der Waals surface area contributed by atoms with Gasteiger partial charge in [-0.1, -0.05) is 0 Å². The summed E-state index contributed by atoms with van der Waals surface area (Å²) in [5.74, 6) is -3.15. The van der Waals surface area contributed by atoms with E-state index in [0.717, 1.165) is 11.2 Å². The topological polar surface area (TPSA) is 88.2 Å². The largest absolute Gasteiger partial charge is 0.493 e. The number of amidine groups is 1. The lowest BCUT2D eigenvalue weighted by Crippen LogP contribution is -2.45. The molecule has 2 rings (SSSR count). The van der Waals surface area contributed by atoms with E-state index in [1.54, 1.807) is 0 Å². The van der Waals surface area contributed by atoms with E-state index in [4.69, 9.17) is 5.73 Å². The van der Waals surface area contributed by atoms with Crippen molar-refractivity contribution in [2.45, 2.75) is 12.6 Å². The molecule has 0 aromatic carbocycles. The zero-order chi connectivity index (χ0) is 14.2. The third kappa shape index (κ3) is 2.46. The van der Waals surface area contributed by atoms with Crippen LogP contribution < -0.4 is 5.73 Å². The van der Waals surface area contributed by atoms with Crippen LogP contribution in [0.25, 0.3) is 0 Å². The van der Waals surface area contributed by atoms with Crippen molar-refractivity contribution in [3.05, 3.63) is 11.8 Å². The summed E-state index contributed by atoms with van der Waals surface area (Å²) >= 11 is 0. The van der Waals surface area contributed by atoms with E-state index in [9.17, 15) is 22.8 Å². The maximum absolute atomic E-state index is 12.1. The summed E-state index contributed by atoms with van der Waals surface area (Å²) in [6.07, 6.45) is -3.67. The van der Waals surface area contributed by atoms with Crippen molar-refractivity contribution in [3.63, 3.8) is 0 Å². The number of carbonyl (C=O) groups excluding carboxylic acids is 2. The summed E-state index contributed by atoms with van der Waals surface area (Å²) < 4.78 is 36.4. The van der Waals surface area contributed by atoms with Gasteiger partial charge in [0.05, 0.1) is 6.20 Å². The fraction of sp³-hybridized carbons (Fsp3) is 0.444. The standard InChI is InChI=1S/C9H9F3N4O3/c10-9(11,12)8(18)19-16-4-5(6(13)17)7-14-2-1-3-15(7)16/h4H,1-3H2,(H2,13,17). The van der Waals surface area contributed by atoms with Crippen LogP contribution in [-0.4, -0.2) is 47.2 Å². The summed E-state index contributed by atoms with van der Waals surface area (Å²) in [5, 5.41) is 1.68. The number of fused-ring (bicyclic) bond motifs is 1. The smallest absolute Gasteiger partial charge is 0.365 e. The van der Waals surface area contributed by atoms with Gasteiger partial charge in [0.2, 0.25) is 0 Å². The van der Waals surface area contributed by atoms with E-state index >= 15 is 0 Å². The van der Waals surface area contributed by atoms with E-state index in [1.165, 1.54) is 0 Å². The molecule has 0 saturated carbocycles. The second-order valence-corrected chi connectivity index (χ2v) is 3.77. The highest BCUT2D eigenvalue weighted by Crippen LogP contribution is 2.24. The SMILES string of the molecule is NC(=O)C1=CN(OC(=O)C(F)(F)F)N2CCCN=C12. The monoisotopic (exact) mass is 278 g/mol. The average Bonchev–Trinajstić information content (AvgIpc) is 2.67. The Hall–Kier alpha value is -2.26. The first-order valence-electron chi connectivity index (χ1n) is 5.23. The zero-order valence-corrected chi connectivity index (χ0v) is 9.48. The Labute approximate surface area is 105 Å². The zero-order valence-electron chi connectivity index (χ0n) is 9.48. The number of carbonyl (C=O) groups is 2. The van der Waals surface area contributed by atoms with Gasteiger partial charge < -0.3 is 10.6 Å². The minimum Gasteiger partial charge on any atom is -0.365 e. The van der Waals surface area contributed by atoms with Gasteiger partial charge >= 0.3 is 12.1 Å². The molecule has 2 aliphatic rings. The molecule has 0 radical (unpaired) electrons. The van der Waals surface area contributed by atoms with E-state index in [0.29, 0.717) is 18.1 Å². The molecule has 2 heterocycles. The van der Waals surface area contributed by atoms with Crippen LogP contribution in [0.4, 0.5) is 13.2 Å². The van der Waals surface area contributed by atoms with Gasteiger partial charge in [0.15, 0.2) is 5.84 Å². The van der Waals surface area contributed by atoms with Crippen LogP contribution in [0.5, 0.6) is 0 Å². The van der Waals surface area contributed by atoms with Crippen LogP contribution >= 0.6 is 0 Å². The summed E-state index contributed by atoms with van der Waals surface area (Å²) in [5.41, 5.74) is 4.98. The highest BCUT2D eigenvalue weighted by Gasteiger charge is 2.45. The first-order chi connectivity index (χ1) is 8.80. The van der Waals surface area contributed by atoms with Crippen molar-refractivity contribution in [2.75, 3.05) is 13.1 Å². The molecule has 19 heavy (non-hydrogen) atoms. The van der Waals surface area contributed by atoms with Crippen LogP contribution in [0.3, 0.4) is 0 Å². The molecule has 104 valence electrons. The number of halogens is 3. The number of amides is 1. The number of nitrogens with zero attached hydrogens (tertiary/aromatic N) is 3. The van der Waals surface area contributed by atoms with Crippen LogP contribution in [0.2, 0.25) is 0 Å². The molecule has 7 nitrogen and oxygen atoms in total. The quantitative estimate of drug-likeness (QED) is 0.750. The van der Waals surface area contributed by atoms with E-state index in [-0.39, 0.29) is 18.0 Å². The number of hydroxylamine groups is 1. The number of hydrogen-bond donors (Lipinski definition) is 1. The van der Waals surface area contributed by atoms with Crippen molar-refractivity contribution >= 4 is 17.7 Å². The van der Waals surface area contributed by atoms with E-state index in [1.807, 2.05) is 0 Å². The Morgan fingerprint density at radius 1 is 1.42 bits per heavy atom. The number of aliphatic imine (C=N–C) groups is 1. The van der Waals surface area contributed by atoms with Crippen molar-refractivity contribution < 1.29 is 27.6 Å². The number of alkyl halides is 3. The normalized spacial score (nSPS) is 18.7. The molecule has 1 amide bonds. The number of rotatable bonds is 2. The molecule has 2 N–H and O–H groups in total. The van der Waals surface area contributed by atoms with Gasteiger partial charge in [0, 0.05) is 13.1 Å². The second kappa shape index (κ2) is 4.44. The highest BCUT2D eigenvalue weighted by molar-refractivity contribution is 6.21. The second-order valence-electron chi connectivity index (χ2n) is 3.77. The molecule has 0 atom stereocenters. The minimum atomic E-state index is -5.13.